The van der Waals surface area contributed by atoms with Gasteiger partial charge in [-0.05, 0) is 44.5 Å². The van der Waals surface area contributed by atoms with E-state index in [-0.39, 0.29) is 0 Å². The second-order valence-corrected chi connectivity index (χ2v) is 4.11. The summed E-state index contributed by atoms with van der Waals surface area (Å²) in [6, 6.07) is 6.50. The third-order valence-electron chi connectivity index (χ3n) is 2.57. The molecule has 0 amide bonds. The third kappa shape index (κ3) is 3.74. The lowest BCUT2D eigenvalue weighted by molar-refractivity contribution is 0.319. The first-order valence-corrected chi connectivity index (χ1v) is 5.85. The Hall–Kier alpha value is -1.22. The van der Waals surface area contributed by atoms with E-state index in [1.165, 1.54) is 5.56 Å². The Kier molecular flexibility index (Phi) is 5.12. The van der Waals surface area contributed by atoms with Crippen LogP contribution in [0.2, 0.25) is 0 Å². The molecule has 0 aliphatic rings. The van der Waals surface area contributed by atoms with Crippen molar-refractivity contribution in [3.05, 3.63) is 23.8 Å². The number of benzene rings is 1. The molecule has 0 bridgehead atoms. The molecule has 3 N–H and O–H groups in total. The van der Waals surface area contributed by atoms with Crippen LogP contribution < -0.4 is 15.8 Å². The summed E-state index contributed by atoms with van der Waals surface area (Å²) in [7, 11) is 1.97. The summed E-state index contributed by atoms with van der Waals surface area (Å²) in [5.41, 5.74) is 7.90. The Labute approximate surface area is 98.0 Å². The van der Waals surface area contributed by atoms with Gasteiger partial charge in [-0.25, -0.2) is 0 Å². The van der Waals surface area contributed by atoms with Gasteiger partial charge in [0.25, 0.3) is 0 Å². The molecular formula is C13H22N2O. The van der Waals surface area contributed by atoms with E-state index in [9.17, 15) is 0 Å². The molecule has 3 nitrogen and oxygen atoms in total. The van der Waals surface area contributed by atoms with Gasteiger partial charge in [-0.15, -0.1) is 0 Å². The van der Waals surface area contributed by atoms with Gasteiger partial charge in [-0.1, -0.05) is 13.0 Å². The van der Waals surface area contributed by atoms with Gasteiger partial charge in [0.05, 0.1) is 12.3 Å². The van der Waals surface area contributed by atoms with Gasteiger partial charge in [-0.3, -0.25) is 0 Å². The van der Waals surface area contributed by atoms with Crippen LogP contribution in [0.25, 0.3) is 0 Å². The van der Waals surface area contributed by atoms with Gasteiger partial charge in [0, 0.05) is 6.04 Å². The molecule has 0 aliphatic heterocycles. The van der Waals surface area contributed by atoms with Gasteiger partial charge < -0.3 is 15.8 Å². The van der Waals surface area contributed by atoms with Crippen molar-refractivity contribution >= 4 is 5.69 Å². The Balaban J connectivity index is 2.66. The molecule has 0 radical (unpaired) electrons. The standard InChI is InChI=1S/C13H22N2O/c1-4-7-16-13-6-5-11(9-12(13)14)8-10(2)15-3/h5-6,9-10,15H,4,7-8,14H2,1-3H3. The Morgan fingerprint density at radius 3 is 2.75 bits per heavy atom. The van der Waals surface area contributed by atoms with E-state index in [1.54, 1.807) is 0 Å². The predicted molar refractivity (Wildman–Crippen MR) is 68.9 cm³/mol. The topological polar surface area (TPSA) is 47.3 Å². The minimum Gasteiger partial charge on any atom is -0.491 e. The van der Waals surface area contributed by atoms with Gasteiger partial charge in [-0.2, -0.15) is 0 Å². The minimum absolute atomic E-state index is 0.460. The SMILES string of the molecule is CCCOc1ccc(CC(C)NC)cc1N. The van der Waals surface area contributed by atoms with E-state index < -0.39 is 0 Å². The summed E-state index contributed by atoms with van der Waals surface area (Å²) in [6.07, 6.45) is 1.98. The number of nitrogens with two attached hydrogens (primary N) is 1. The number of rotatable bonds is 6. The summed E-state index contributed by atoms with van der Waals surface area (Å²) in [4.78, 5) is 0. The van der Waals surface area contributed by atoms with Gasteiger partial charge in [0.1, 0.15) is 5.75 Å². The summed E-state index contributed by atoms with van der Waals surface area (Å²) >= 11 is 0. The van der Waals surface area contributed by atoms with E-state index in [0.29, 0.717) is 6.04 Å². The summed E-state index contributed by atoms with van der Waals surface area (Å²) in [5.74, 6) is 0.794. The summed E-state index contributed by atoms with van der Waals surface area (Å²) in [6.45, 7) is 4.95. The predicted octanol–water partition coefficient (Wildman–Crippen LogP) is 2.21. The maximum atomic E-state index is 5.93. The molecule has 16 heavy (non-hydrogen) atoms. The fraction of sp³-hybridized carbons (Fsp3) is 0.538. The maximum Gasteiger partial charge on any atom is 0.142 e. The zero-order chi connectivity index (χ0) is 12.0. The lowest BCUT2D eigenvalue weighted by Gasteiger charge is -2.12. The molecule has 0 saturated carbocycles. The number of ether oxygens (including phenoxy) is 1. The molecule has 1 atom stereocenters. The molecule has 90 valence electrons. The highest BCUT2D eigenvalue weighted by Crippen LogP contribution is 2.23. The quantitative estimate of drug-likeness (QED) is 0.725. The summed E-state index contributed by atoms with van der Waals surface area (Å²) in [5, 5.41) is 3.21. The molecule has 0 saturated heterocycles. The monoisotopic (exact) mass is 222 g/mol. The average molecular weight is 222 g/mol. The molecule has 1 aromatic carbocycles. The van der Waals surface area contributed by atoms with Crippen molar-refractivity contribution in [2.45, 2.75) is 32.7 Å². The van der Waals surface area contributed by atoms with Gasteiger partial charge in [0.15, 0.2) is 0 Å². The Morgan fingerprint density at radius 2 is 2.19 bits per heavy atom. The number of nitrogens with one attached hydrogen (secondary N) is 1. The number of likely N-dealkylation sites (N-methyl/N-ethyl adjacent to an activating group) is 1. The first kappa shape index (κ1) is 12.8. The highest BCUT2D eigenvalue weighted by Gasteiger charge is 2.04. The van der Waals surface area contributed by atoms with Crippen LogP contribution in [0.4, 0.5) is 5.69 Å². The van der Waals surface area contributed by atoms with Crippen molar-refractivity contribution in [3.8, 4) is 5.75 Å². The molecule has 1 rings (SSSR count). The molecular weight excluding hydrogens is 200 g/mol. The second kappa shape index (κ2) is 6.38. The molecule has 1 aromatic rings. The molecule has 0 aliphatic carbocycles. The number of hydrogen-bond donors (Lipinski definition) is 2. The molecule has 3 heteroatoms. The van der Waals surface area contributed by atoms with Crippen LogP contribution in [0.15, 0.2) is 18.2 Å². The molecule has 0 heterocycles. The van der Waals surface area contributed by atoms with E-state index in [1.807, 2.05) is 19.2 Å². The van der Waals surface area contributed by atoms with Crippen LogP contribution in [0.1, 0.15) is 25.8 Å². The van der Waals surface area contributed by atoms with Crippen LogP contribution in [-0.4, -0.2) is 19.7 Å². The Bertz CT molecular complexity index is 326. The van der Waals surface area contributed by atoms with Crippen LogP contribution in [0, 0.1) is 0 Å². The van der Waals surface area contributed by atoms with E-state index in [0.717, 1.165) is 30.9 Å². The van der Waals surface area contributed by atoms with Crippen molar-refractivity contribution in [3.63, 3.8) is 0 Å². The highest BCUT2D eigenvalue weighted by molar-refractivity contribution is 5.54. The first-order chi connectivity index (χ1) is 7.67. The smallest absolute Gasteiger partial charge is 0.142 e. The zero-order valence-electron chi connectivity index (χ0n) is 10.4. The highest BCUT2D eigenvalue weighted by atomic mass is 16.5. The van der Waals surface area contributed by atoms with Crippen molar-refractivity contribution in [2.24, 2.45) is 0 Å². The lowest BCUT2D eigenvalue weighted by Crippen LogP contribution is -2.23. The molecule has 0 fully saturated rings. The zero-order valence-corrected chi connectivity index (χ0v) is 10.4. The van der Waals surface area contributed by atoms with Crippen LogP contribution in [-0.2, 0) is 6.42 Å². The molecule has 0 spiro atoms. The van der Waals surface area contributed by atoms with Crippen molar-refractivity contribution in [1.29, 1.82) is 0 Å². The van der Waals surface area contributed by atoms with Gasteiger partial charge >= 0.3 is 0 Å². The van der Waals surface area contributed by atoms with E-state index in [4.69, 9.17) is 10.5 Å². The van der Waals surface area contributed by atoms with Crippen molar-refractivity contribution in [1.82, 2.24) is 5.32 Å². The van der Waals surface area contributed by atoms with Crippen LogP contribution in [0.3, 0.4) is 0 Å². The van der Waals surface area contributed by atoms with Crippen molar-refractivity contribution in [2.75, 3.05) is 19.4 Å². The van der Waals surface area contributed by atoms with E-state index in [2.05, 4.69) is 25.2 Å². The Morgan fingerprint density at radius 1 is 1.44 bits per heavy atom. The largest absolute Gasteiger partial charge is 0.491 e. The third-order valence-corrected chi connectivity index (χ3v) is 2.57. The number of nitrogen functional groups attached to an aromatic ring is 1. The fourth-order valence-electron chi connectivity index (χ4n) is 1.52. The lowest BCUT2D eigenvalue weighted by atomic mass is 10.1. The maximum absolute atomic E-state index is 5.93. The average Bonchev–Trinajstić information content (AvgIpc) is 2.28. The molecule has 0 aromatic heterocycles. The van der Waals surface area contributed by atoms with Crippen LogP contribution >= 0.6 is 0 Å². The second-order valence-electron chi connectivity index (χ2n) is 4.11. The number of anilines is 1. The van der Waals surface area contributed by atoms with Crippen LogP contribution in [0.5, 0.6) is 5.75 Å². The minimum atomic E-state index is 0.460. The number of hydrogen-bond acceptors (Lipinski definition) is 3. The van der Waals surface area contributed by atoms with Crippen molar-refractivity contribution < 1.29 is 4.74 Å². The van der Waals surface area contributed by atoms with E-state index >= 15 is 0 Å². The fourth-order valence-corrected chi connectivity index (χ4v) is 1.52. The first-order valence-electron chi connectivity index (χ1n) is 5.85. The molecule has 1 unspecified atom stereocenters. The summed E-state index contributed by atoms with van der Waals surface area (Å²) < 4.78 is 5.53. The van der Waals surface area contributed by atoms with Gasteiger partial charge in [0.2, 0.25) is 0 Å². The normalized spacial score (nSPS) is 12.4.